The summed E-state index contributed by atoms with van der Waals surface area (Å²) in [6.07, 6.45) is 2.34. The monoisotopic (exact) mass is 422 g/mol. The second-order valence-corrected chi connectivity index (χ2v) is 8.20. The first-order chi connectivity index (χ1) is 14.5. The second kappa shape index (κ2) is 8.32. The van der Waals surface area contributed by atoms with E-state index in [1.807, 2.05) is 30.3 Å². The van der Waals surface area contributed by atoms with Gasteiger partial charge in [-0.3, -0.25) is 9.36 Å². The molecule has 0 aliphatic rings. The van der Waals surface area contributed by atoms with E-state index >= 15 is 0 Å². The summed E-state index contributed by atoms with van der Waals surface area (Å²) >= 11 is 6.18. The highest BCUT2D eigenvalue weighted by Gasteiger charge is 2.19. The number of rotatable bonds is 6. The number of imidazole rings is 1. The summed E-state index contributed by atoms with van der Waals surface area (Å²) in [5, 5.41) is 0.510. The average Bonchev–Trinajstić information content (AvgIpc) is 3.12. The molecule has 0 amide bonds. The van der Waals surface area contributed by atoms with Crippen LogP contribution in [0.15, 0.2) is 70.5 Å². The van der Waals surface area contributed by atoms with E-state index in [1.54, 1.807) is 35.2 Å². The van der Waals surface area contributed by atoms with Gasteiger partial charge < -0.3 is 4.57 Å². The lowest BCUT2D eigenvalue weighted by atomic mass is 10.1. The van der Waals surface area contributed by atoms with Crippen LogP contribution in [0.2, 0.25) is 5.02 Å². The molecule has 0 N–H and O–H groups in total. The van der Waals surface area contributed by atoms with Crippen molar-refractivity contribution < 1.29 is 0 Å². The number of hydrogen-bond acceptors (Lipinski definition) is 3. The fourth-order valence-corrected chi connectivity index (χ4v) is 3.70. The van der Waals surface area contributed by atoms with Gasteiger partial charge in [0.15, 0.2) is 11.2 Å². The Kier molecular flexibility index (Phi) is 5.59. The summed E-state index contributed by atoms with van der Waals surface area (Å²) in [6, 6.07) is 16.9. The van der Waals surface area contributed by atoms with Crippen LogP contribution < -0.4 is 11.2 Å². The van der Waals surface area contributed by atoms with Crippen molar-refractivity contribution in [2.75, 3.05) is 0 Å². The van der Waals surface area contributed by atoms with Crippen LogP contribution in [-0.4, -0.2) is 18.7 Å². The van der Waals surface area contributed by atoms with Crippen LogP contribution in [0.25, 0.3) is 16.9 Å². The largest absolute Gasteiger partial charge is 0.337 e. The standard InChI is InChI=1S/C23H23ClN4O2/c1-16(2)11-12-27-22(29)20-21(25-15-26(20)14-17-7-4-3-5-8-17)28(23(27)30)19-10-6-9-18(24)13-19/h3-10,13,15-16H,11-12,14H2,1-2H3. The second-order valence-electron chi connectivity index (χ2n) is 7.77. The molecule has 6 nitrogen and oxygen atoms in total. The van der Waals surface area contributed by atoms with E-state index in [0.717, 1.165) is 12.0 Å². The molecule has 0 atom stereocenters. The third kappa shape index (κ3) is 3.83. The maximum Gasteiger partial charge on any atom is 0.337 e. The summed E-state index contributed by atoms with van der Waals surface area (Å²) < 4.78 is 4.59. The van der Waals surface area contributed by atoms with Gasteiger partial charge >= 0.3 is 5.69 Å². The summed E-state index contributed by atoms with van der Waals surface area (Å²) in [6.45, 7) is 4.98. The van der Waals surface area contributed by atoms with Gasteiger partial charge in [0.2, 0.25) is 0 Å². The summed E-state index contributed by atoms with van der Waals surface area (Å²) in [4.78, 5) is 31.1. The van der Waals surface area contributed by atoms with Crippen molar-refractivity contribution in [1.82, 2.24) is 18.7 Å². The molecule has 2 aromatic carbocycles. The van der Waals surface area contributed by atoms with Crippen molar-refractivity contribution >= 4 is 22.8 Å². The smallest absolute Gasteiger partial charge is 0.320 e. The zero-order chi connectivity index (χ0) is 21.3. The van der Waals surface area contributed by atoms with E-state index in [1.165, 1.54) is 9.13 Å². The molecule has 2 aromatic heterocycles. The lowest BCUT2D eigenvalue weighted by Gasteiger charge is -2.14. The normalized spacial score (nSPS) is 11.5. The number of nitrogens with zero attached hydrogens (tertiary/aromatic N) is 4. The zero-order valence-electron chi connectivity index (χ0n) is 17.0. The van der Waals surface area contributed by atoms with Crippen molar-refractivity contribution in [3.8, 4) is 5.69 Å². The summed E-state index contributed by atoms with van der Waals surface area (Å²) in [7, 11) is 0. The van der Waals surface area contributed by atoms with Crippen molar-refractivity contribution in [2.45, 2.75) is 33.4 Å². The lowest BCUT2D eigenvalue weighted by molar-refractivity contribution is 0.491. The fourth-order valence-electron chi connectivity index (χ4n) is 3.51. The molecule has 0 unspecified atom stereocenters. The summed E-state index contributed by atoms with van der Waals surface area (Å²) in [5.41, 5.74) is 1.65. The molecule has 4 rings (SSSR count). The van der Waals surface area contributed by atoms with Crippen LogP contribution in [0, 0.1) is 5.92 Å². The Morgan fingerprint density at radius 1 is 1.03 bits per heavy atom. The first-order valence-corrected chi connectivity index (χ1v) is 10.3. The minimum Gasteiger partial charge on any atom is -0.320 e. The minimum absolute atomic E-state index is 0.317. The van der Waals surface area contributed by atoms with Crippen molar-refractivity contribution in [3.63, 3.8) is 0 Å². The third-order valence-electron chi connectivity index (χ3n) is 5.09. The van der Waals surface area contributed by atoms with Gasteiger partial charge in [-0.25, -0.2) is 14.3 Å². The van der Waals surface area contributed by atoms with E-state index in [2.05, 4.69) is 18.8 Å². The molecule has 30 heavy (non-hydrogen) atoms. The molecule has 0 spiro atoms. The number of hydrogen-bond donors (Lipinski definition) is 0. The highest BCUT2D eigenvalue weighted by molar-refractivity contribution is 6.30. The van der Waals surface area contributed by atoms with E-state index in [4.69, 9.17) is 11.6 Å². The molecule has 0 saturated carbocycles. The average molecular weight is 423 g/mol. The van der Waals surface area contributed by atoms with Crippen molar-refractivity contribution in [1.29, 1.82) is 0 Å². The van der Waals surface area contributed by atoms with Crippen LogP contribution in [-0.2, 0) is 13.1 Å². The molecule has 0 aliphatic carbocycles. The Balaban J connectivity index is 1.98. The molecule has 7 heteroatoms. The topological polar surface area (TPSA) is 61.8 Å². The maximum absolute atomic E-state index is 13.3. The van der Waals surface area contributed by atoms with Crippen molar-refractivity contribution in [2.24, 2.45) is 5.92 Å². The Bertz CT molecular complexity index is 1300. The highest BCUT2D eigenvalue weighted by atomic mass is 35.5. The number of benzene rings is 2. The number of aromatic nitrogens is 4. The van der Waals surface area contributed by atoms with Gasteiger partial charge in [-0.05, 0) is 36.1 Å². The van der Waals surface area contributed by atoms with Gasteiger partial charge in [0.05, 0.1) is 12.0 Å². The van der Waals surface area contributed by atoms with E-state index < -0.39 is 5.69 Å². The van der Waals surface area contributed by atoms with Gasteiger partial charge in [0, 0.05) is 18.1 Å². The van der Waals surface area contributed by atoms with Crippen LogP contribution in [0.5, 0.6) is 0 Å². The third-order valence-corrected chi connectivity index (χ3v) is 5.33. The number of halogens is 1. The molecular formula is C23H23ClN4O2. The van der Waals surface area contributed by atoms with Crippen LogP contribution >= 0.6 is 11.6 Å². The van der Waals surface area contributed by atoms with E-state index in [9.17, 15) is 9.59 Å². The molecule has 0 radical (unpaired) electrons. The molecule has 0 aliphatic heterocycles. The minimum atomic E-state index is -0.402. The predicted molar refractivity (Wildman–Crippen MR) is 120 cm³/mol. The Labute approximate surface area is 179 Å². The highest BCUT2D eigenvalue weighted by Crippen LogP contribution is 2.18. The van der Waals surface area contributed by atoms with Gasteiger partial charge in [0.25, 0.3) is 5.56 Å². The predicted octanol–water partition coefficient (Wildman–Crippen LogP) is 4.10. The zero-order valence-corrected chi connectivity index (χ0v) is 17.7. The van der Waals surface area contributed by atoms with Gasteiger partial charge in [-0.1, -0.05) is 61.8 Å². The van der Waals surface area contributed by atoms with Crippen LogP contribution in [0.3, 0.4) is 0 Å². The van der Waals surface area contributed by atoms with Crippen molar-refractivity contribution in [3.05, 3.63) is 92.3 Å². The Morgan fingerprint density at radius 2 is 1.80 bits per heavy atom. The molecule has 154 valence electrons. The maximum atomic E-state index is 13.3. The fraction of sp³-hybridized carbons (Fsp3) is 0.261. The Morgan fingerprint density at radius 3 is 2.50 bits per heavy atom. The quantitative estimate of drug-likeness (QED) is 0.470. The van der Waals surface area contributed by atoms with Gasteiger partial charge in [0.1, 0.15) is 0 Å². The van der Waals surface area contributed by atoms with E-state index in [0.29, 0.717) is 40.9 Å². The molecule has 0 bridgehead atoms. The lowest BCUT2D eigenvalue weighted by Crippen LogP contribution is -2.40. The first-order valence-electron chi connectivity index (χ1n) is 9.96. The SMILES string of the molecule is CC(C)CCn1c(=O)c2c(ncn2Cc2ccccc2)n(-c2cccc(Cl)c2)c1=O. The number of fused-ring (bicyclic) bond motifs is 1. The Hall–Kier alpha value is -3.12. The molecule has 2 heterocycles. The molecule has 0 fully saturated rings. The van der Waals surface area contributed by atoms with E-state index in [-0.39, 0.29) is 5.56 Å². The molecule has 0 saturated heterocycles. The van der Waals surface area contributed by atoms with Gasteiger partial charge in [-0.2, -0.15) is 0 Å². The summed E-state index contributed by atoms with van der Waals surface area (Å²) in [5.74, 6) is 0.362. The first kappa shape index (κ1) is 20.2. The molecule has 4 aromatic rings. The van der Waals surface area contributed by atoms with Crippen LogP contribution in [0.4, 0.5) is 0 Å². The van der Waals surface area contributed by atoms with Gasteiger partial charge in [-0.15, -0.1) is 0 Å². The molecular weight excluding hydrogens is 400 g/mol. The van der Waals surface area contributed by atoms with Crippen LogP contribution in [0.1, 0.15) is 25.8 Å².